The highest BCUT2D eigenvalue weighted by molar-refractivity contribution is 6.31. The van der Waals surface area contributed by atoms with Gasteiger partial charge in [-0.1, -0.05) is 60.1 Å². The number of nitriles is 1. The molecule has 0 heterocycles. The first-order valence-electron chi connectivity index (χ1n) is 9.44. The minimum atomic E-state index is -0.937. The average Bonchev–Trinajstić information content (AvgIpc) is 2.80. The number of nitrogens with zero attached hydrogens (tertiary/aromatic N) is 2. The highest BCUT2D eigenvalue weighted by Gasteiger charge is 2.19. The number of amides is 1. The van der Waals surface area contributed by atoms with Crippen molar-refractivity contribution in [1.82, 2.24) is 5.43 Å². The summed E-state index contributed by atoms with van der Waals surface area (Å²) in [6, 6.07) is 23.5. The second-order valence-electron chi connectivity index (χ2n) is 6.50. The summed E-state index contributed by atoms with van der Waals surface area (Å²) in [4.78, 5) is 12.3. The van der Waals surface area contributed by atoms with Crippen molar-refractivity contribution in [3.8, 4) is 17.6 Å². The molecule has 0 radical (unpaired) electrons. The predicted octanol–water partition coefficient (Wildman–Crippen LogP) is 4.69. The fourth-order valence-corrected chi connectivity index (χ4v) is 3.01. The second-order valence-corrected chi connectivity index (χ2v) is 6.90. The van der Waals surface area contributed by atoms with E-state index in [9.17, 15) is 10.1 Å². The van der Waals surface area contributed by atoms with E-state index in [1.54, 1.807) is 48.5 Å². The van der Waals surface area contributed by atoms with Crippen LogP contribution in [0.4, 0.5) is 0 Å². The second kappa shape index (κ2) is 10.8. The van der Waals surface area contributed by atoms with Gasteiger partial charge in [0.1, 0.15) is 6.61 Å². The Morgan fingerprint density at radius 2 is 1.87 bits per heavy atom. The van der Waals surface area contributed by atoms with Crippen LogP contribution >= 0.6 is 11.6 Å². The zero-order valence-corrected chi connectivity index (χ0v) is 17.5. The Labute approximate surface area is 185 Å². The summed E-state index contributed by atoms with van der Waals surface area (Å²) in [7, 11) is 1.54. The lowest BCUT2D eigenvalue weighted by atomic mass is 10.0. The number of ether oxygens (including phenoxy) is 2. The highest BCUT2D eigenvalue weighted by atomic mass is 35.5. The maximum Gasteiger partial charge on any atom is 0.261 e. The molecule has 0 saturated carbocycles. The fourth-order valence-electron chi connectivity index (χ4n) is 2.82. The van der Waals surface area contributed by atoms with Gasteiger partial charge in [-0.2, -0.15) is 10.4 Å². The van der Waals surface area contributed by atoms with Crippen LogP contribution in [-0.4, -0.2) is 19.2 Å². The Balaban J connectivity index is 1.64. The zero-order chi connectivity index (χ0) is 22.1. The van der Waals surface area contributed by atoms with Crippen LogP contribution in [0.15, 0.2) is 77.9 Å². The summed E-state index contributed by atoms with van der Waals surface area (Å²) in [5, 5.41) is 13.9. The molecule has 0 unspecified atom stereocenters. The molecule has 0 bridgehead atoms. The molecule has 1 atom stereocenters. The summed E-state index contributed by atoms with van der Waals surface area (Å²) in [5.74, 6) is -0.371. The Kier molecular flexibility index (Phi) is 7.63. The number of nitrogens with one attached hydrogen (secondary N) is 1. The van der Waals surface area contributed by atoms with E-state index in [-0.39, 0.29) is 0 Å². The van der Waals surface area contributed by atoms with Gasteiger partial charge in [0, 0.05) is 10.6 Å². The number of carbonyl (C=O) groups is 1. The number of halogens is 1. The number of rotatable bonds is 8. The molecule has 3 aromatic carbocycles. The lowest BCUT2D eigenvalue weighted by Gasteiger charge is -2.12. The van der Waals surface area contributed by atoms with Crippen LogP contribution in [0.25, 0.3) is 0 Å². The number of hydrazone groups is 1. The lowest BCUT2D eigenvalue weighted by molar-refractivity contribution is -0.121. The number of hydrogen-bond donors (Lipinski definition) is 1. The van der Waals surface area contributed by atoms with Gasteiger partial charge in [-0.05, 0) is 35.4 Å². The third kappa shape index (κ3) is 5.84. The molecular formula is C24H20ClN3O3. The van der Waals surface area contributed by atoms with E-state index in [2.05, 4.69) is 10.5 Å². The number of hydrogen-bond acceptors (Lipinski definition) is 5. The van der Waals surface area contributed by atoms with Crippen LogP contribution in [0.3, 0.4) is 0 Å². The summed E-state index contributed by atoms with van der Waals surface area (Å²) < 4.78 is 11.2. The molecule has 1 amide bonds. The number of carbonyl (C=O) groups excluding carboxylic acids is 1. The number of benzene rings is 3. The summed E-state index contributed by atoms with van der Waals surface area (Å²) in [5.41, 5.74) is 4.57. The molecule has 0 aliphatic heterocycles. The molecule has 3 aromatic rings. The summed E-state index contributed by atoms with van der Waals surface area (Å²) >= 11 is 6.16. The van der Waals surface area contributed by atoms with Gasteiger partial charge in [0.15, 0.2) is 17.4 Å². The van der Waals surface area contributed by atoms with E-state index in [0.717, 1.165) is 5.56 Å². The van der Waals surface area contributed by atoms with Crippen molar-refractivity contribution in [2.45, 2.75) is 12.5 Å². The molecule has 7 heteroatoms. The van der Waals surface area contributed by atoms with Crippen LogP contribution in [0.2, 0.25) is 5.02 Å². The maximum absolute atomic E-state index is 12.3. The Hall–Kier alpha value is -3.82. The Morgan fingerprint density at radius 3 is 2.58 bits per heavy atom. The largest absolute Gasteiger partial charge is 0.493 e. The summed E-state index contributed by atoms with van der Waals surface area (Å²) in [6.45, 7) is 0.300. The molecule has 156 valence electrons. The van der Waals surface area contributed by atoms with E-state index in [1.165, 1.54) is 13.3 Å². The van der Waals surface area contributed by atoms with E-state index in [1.807, 2.05) is 30.3 Å². The minimum absolute atomic E-state index is 0.300. The normalized spacial score (nSPS) is 11.5. The maximum atomic E-state index is 12.3. The molecule has 0 saturated heterocycles. The topological polar surface area (TPSA) is 83.7 Å². The highest BCUT2D eigenvalue weighted by Crippen LogP contribution is 2.29. The average molecular weight is 434 g/mol. The fraction of sp³-hybridized carbons (Fsp3) is 0.125. The molecule has 0 fully saturated rings. The smallest absolute Gasteiger partial charge is 0.261 e. The predicted molar refractivity (Wildman–Crippen MR) is 119 cm³/mol. The van der Waals surface area contributed by atoms with Gasteiger partial charge in [-0.3, -0.25) is 4.79 Å². The first-order valence-corrected chi connectivity index (χ1v) is 9.82. The van der Waals surface area contributed by atoms with Crippen molar-refractivity contribution in [3.05, 3.63) is 94.5 Å². The van der Waals surface area contributed by atoms with Crippen LogP contribution in [0, 0.1) is 11.3 Å². The third-order valence-corrected chi connectivity index (χ3v) is 4.81. The monoisotopic (exact) mass is 433 g/mol. The van der Waals surface area contributed by atoms with E-state index in [4.69, 9.17) is 21.1 Å². The molecule has 3 rings (SSSR count). The van der Waals surface area contributed by atoms with Gasteiger partial charge < -0.3 is 9.47 Å². The van der Waals surface area contributed by atoms with E-state index in [0.29, 0.717) is 34.3 Å². The van der Waals surface area contributed by atoms with Crippen molar-refractivity contribution in [2.24, 2.45) is 5.10 Å². The van der Waals surface area contributed by atoms with E-state index >= 15 is 0 Å². The van der Waals surface area contributed by atoms with Crippen LogP contribution in [0.1, 0.15) is 22.6 Å². The minimum Gasteiger partial charge on any atom is -0.493 e. The Bertz CT molecular complexity index is 1110. The molecule has 0 aromatic heterocycles. The lowest BCUT2D eigenvalue weighted by Crippen LogP contribution is -2.24. The van der Waals surface area contributed by atoms with Gasteiger partial charge in [-0.25, -0.2) is 5.43 Å². The summed E-state index contributed by atoms with van der Waals surface area (Å²) in [6.07, 6.45) is 1.47. The molecular weight excluding hydrogens is 414 g/mol. The molecule has 6 nitrogen and oxygen atoms in total. The zero-order valence-electron chi connectivity index (χ0n) is 16.8. The van der Waals surface area contributed by atoms with Gasteiger partial charge >= 0.3 is 0 Å². The number of methoxy groups -OCH3 is 1. The van der Waals surface area contributed by atoms with Gasteiger partial charge in [-0.15, -0.1) is 0 Å². The molecule has 31 heavy (non-hydrogen) atoms. The van der Waals surface area contributed by atoms with Gasteiger partial charge in [0.2, 0.25) is 0 Å². The standard InChI is InChI=1S/C24H20ClN3O3/c1-30-23-13-17(11-12-22(23)31-16-19-9-5-6-10-21(19)25)15-27-28-24(29)20(14-26)18-7-3-2-4-8-18/h2-13,15,20H,16H2,1H3,(H,28,29)/b27-15-/t20-/m1/s1. The van der Waals surface area contributed by atoms with Crippen molar-refractivity contribution < 1.29 is 14.3 Å². The SMILES string of the molecule is COc1cc(/C=N\NC(=O)[C@H](C#N)c2ccccc2)ccc1OCc1ccccc1Cl. The van der Waals surface area contributed by atoms with Crippen molar-refractivity contribution in [3.63, 3.8) is 0 Å². The van der Waals surface area contributed by atoms with E-state index < -0.39 is 11.8 Å². The first-order chi connectivity index (χ1) is 15.1. The van der Waals surface area contributed by atoms with Crippen LogP contribution < -0.4 is 14.9 Å². The molecule has 0 aliphatic carbocycles. The van der Waals surface area contributed by atoms with Gasteiger partial charge in [0.25, 0.3) is 5.91 Å². The van der Waals surface area contributed by atoms with Crippen LogP contribution in [0.5, 0.6) is 11.5 Å². The van der Waals surface area contributed by atoms with Crippen molar-refractivity contribution in [2.75, 3.05) is 7.11 Å². The van der Waals surface area contributed by atoms with Crippen LogP contribution in [-0.2, 0) is 11.4 Å². The first kappa shape index (κ1) is 21.9. The molecule has 0 aliphatic rings. The Morgan fingerprint density at radius 1 is 1.13 bits per heavy atom. The quantitative estimate of drug-likeness (QED) is 0.412. The molecule has 1 N–H and O–H groups in total. The molecule has 0 spiro atoms. The van der Waals surface area contributed by atoms with Gasteiger partial charge in [0.05, 0.1) is 19.4 Å². The third-order valence-electron chi connectivity index (χ3n) is 4.44. The van der Waals surface area contributed by atoms with Crippen molar-refractivity contribution in [1.29, 1.82) is 5.26 Å². The van der Waals surface area contributed by atoms with Crippen molar-refractivity contribution >= 4 is 23.7 Å².